The zero-order chi connectivity index (χ0) is 25.7. The molecule has 0 spiro atoms. The summed E-state index contributed by atoms with van der Waals surface area (Å²) in [7, 11) is 0. The van der Waals surface area contributed by atoms with Crippen molar-refractivity contribution in [2.45, 2.75) is 40.2 Å². The molecule has 9 heteroatoms. The normalized spacial score (nSPS) is 12.9. The van der Waals surface area contributed by atoms with Crippen LogP contribution in [0.4, 0.5) is 5.69 Å². The van der Waals surface area contributed by atoms with Gasteiger partial charge in [-0.2, -0.15) is 0 Å². The smallest absolute Gasteiger partial charge is 0.336 e. The van der Waals surface area contributed by atoms with Crippen LogP contribution in [-0.4, -0.2) is 38.1 Å². The van der Waals surface area contributed by atoms with Crippen molar-refractivity contribution in [3.05, 3.63) is 85.8 Å². The average Bonchev–Trinajstić information content (AvgIpc) is 3.41. The highest BCUT2D eigenvalue weighted by molar-refractivity contribution is 6.42. The number of pyridine rings is 1. The van der Waals surface area contributed by atoms with Gasteiger partial charge in [0.25, 0.3) is 5.91 Å². The van der Waals surface area contributed by atoms with E-state index in [0.29, 0.717) is 19.5 Å². The average molecular weight is 523 g/mol. The van der Waals surface area contributed by atoms with Crippen molar-refractivity contribution in [1.29, 1.82) is 0 Å². The Morgan fingerprint density at radius 3 is 2.44 bits per heavy atom. The van der Waals surface area contributed by atoms with Crippen molar-refractivity contribution in [3.8, 4) is 0 Å². The van der Waals surface area contributed by atoms with Crippen LogP contribution < -0.4 is 4.90 Å². The first-order valence-electron chi connectivity index (χ1n) is 11.7. The van der Waals surface area contributed by atoms with Crippen LogP contribution in [0.5, 0.6) is 0 Å². The molecule has 2 aromatic carbocycles. The van der Waals surface area contributed by atoms with Gasteiger partial charge >= 0.3 is 5.97 Å². The number of aryl methyl sites for hydroxylation is 3. The van der Waals surface area contributed by atoms with Crippen LogP contribution in [0, 0.1) is 13.8 Å². The number of amides is 1. The molecule has 0 radical (unpaired) electrons. The predicted molar refractivity (Wildman–Crippen MR) is 141 cm³/mol. The molecule has 184 valence electrons. The second-order valence-electron chi connectivity index (χ2n) is 9.01. The molecular formula is C27H24Cl2N4O3. The summed E-state index contributed by atoms with van der Waals surface area (Å²) in [5, 5.41) is 9.82. The summed E-state index contributed by atoms with van der Waals surface area (Å²) in [6.45, 7) is 7.19. The van der Waals surface area contributed by atoms with Crippen molar-refractivity contribution in [2.75, 3.05) is 11.4 Å². The zero-order valence-corrected chi connectivity index (χ0v) is 21.6. The molecule has 3 heterocycles. The zero-order valence-electron chi connectivity index (χ0n) is 20.1. The summed E-state index contributed by atoms with van der Waals surface area (Å²) in [6.07, 6.45) is 1.46. The van der Waals surface area contributed by atoms with E-state index >= 15 is 0 Å². The van der Waals surface area contributed by atoms with Gasteiger partial charge in [0.1, 0.15) is 11.3 Å². The molecule has 0 aliphatic carbocycles. The van der Waals surface area contributed by atoms with Gasteiger partial charge in [0, 0.05) is 24.3 Å². The van der Waals surface area contributed by atoms with E-state index in [1.807, 2.05) is 25.1 Å². The summed E-state index contributed by atoms with van der Waals surface area (Å²) >= 11 is 12.1. The first kappa shape index (κ1) is 24.3. The fourth-order valence-corrected chi connectivity index (χ4v) is 5.20. The molecule has 7 nitrogen and oxygen atoms in total. The largest absolute Gasteiger partial charge is 0.478 e. The van der Waals surface area contributed by atoms with E-state index in [1.165, 1.54) is 12.1 Å². The second-order valence-corrected chi connectivity index (χ2v) is 9.82. The van der Waals surface area contributed by atoms with Gasteiger partial charge in [0.2, 0.25) is 0 Å². The van der Waals surface area contributed by atoms with Crippen molar-refractivity contribution >= 4 is 51.9 Å². The lowest BCUT2D eigenvalue weighted by Gasteiger charge is -2.19. The van der Waals surface area contributed by atoms with Crippen molar-refractivity contribution in [3.63, 3.8) is 0 Å². The number of imidazole rings is 1. The summed E-state index contributed by atoms with van der Waals surface area (Å²) < 4.78 is 2.16. The lowest BCUT2D eigenvalue weighted by Crippen LogP contribution is -2.30. The Balaban J connectivity index is 1.48. The molecule has 2 aromatic heterocycles. The van der Waals surface area contributed by atoms with E-state index < -0.39 is 11.9 Å². The highest BCUT2D eigenvalue weighted by Gasteiger charge is 2.29. The number of hydrogen-bond acceptors (Lipinski definition) is 4. The van der Waals surface area contributed by atoms with Gasteiger partial charge in [-0.25, -0.2) is 14.8 Å². The van der Waals surface area contributed by atoms with Crippen LogP contribution in [0.1, 0.15) is 55.8 Å². The third kappa shape index (κ3) is 4.12. The summed E-state index contributed by atoms with van der Waals surface area (Å²) in [6, 6.07) is 10.6. The van der Waals surface area contributed by atoms with Crippen LogP contribution in [0.2, 0.25) is 10.0 Å². The monoisotopic (exact) mass is 522 g/mol. The Kier molecular flexibility index (Phi) is 6.22. The molecule has 0 unspecified atom stereocenters. The van der Waals surface area contributed by atoms with Crippen LogP contribution in [0.25, 0.3) is 11.2 Å². The molecule has 1 N–H and O–H groups in total. The number of carbonyl (C=O) groups is 2. The van der Waals surface area contributed by atoms with Crippen molar-refractivity contribution < 1.29 is 14.7 Å². The number of carboxylic acid groups (broad SMARTS) is 1. The van der Waals surface area contributed by atoms with Gasteiger partial charge in [0.05, 0.1) is 27.7 Å². The Morgan fingerprint density at radius 2 is 1.75 bits per heavy atom. The Bertz CT molecular complexity index is 1560. The number of benzene rings is 2. The number of aromatic carboxylic acids is 1. The number of halogens is 2. The third-order valence-electron chi connectivity index (χ3n) is 6.56. The highest BCUT2D eigenvalue weighted by Crippen LogP contribution is 2.33. The number of fused-ring (bicyclic) bond motifs is 2. The van der Waals surface area contributed by atoms with Gasteiger partial charge in [-0.3, -0.25) is 4.79 Å². The predicted octanol–water partition coefficient (Wildman–Crippen LogP) is 5.87. The number of hydrogen-bond donors (Lipinski definition) is 1. The molecule has 0 saturated heterocycles. The minimum atomic E-state index is -1.23. The maximum Gasteiger partial charge on any atom is 0.336 e. The van der Waals surface area contributed by atoms with Gasteiger partial charge in [0.15, 0.2) is 5.65 Å². The lowest BCUT2D eigenvalue weighted by atomic mass is 10.1. The summed E-state index contributed by atoms with van der Waals surface area (Å²) in [5.74, 6) is -0.670. The Labute approximate surface area is 218 Å². The van der Waals surface area contributed by atoms with E-state index in [9.17, 15) is 14.7 Å². The molecule has 1 amide bonds. The Morgan fingerprint density at radius 1 is 1.03 bits per heavy atom. The van der Waals surface area contributed by atoms with Crippen LogP contribution in [-0.2, 0) is 19.4 Å². The molecule has 1 aliphatic heterocycles. The molecule has 0 fully saturated rings. The SMILES string of the molecule is CCc1nc2c(C)cc(C)nc2n1Cc1ccc2c(c1)CCN2C(=O)c1cc(Cl)c(Cl)cc1C(=O)O. The van der Waals surface area contributed by atoms with Crippen molar-refractivity contribution in [2.24, 2.45) is 0 Å². The molecule has 4 aromatic rings. The fourth-order valence-electron chi connectivity index (χ4n) is 4.88. The number of nitrogens with zero attached hydrogens (tertiary/aromatic N) is 4. The number of carboxylic acids is 1. The van der Waals surface area contributed by atoms with Gasteiger partial charge in [-0.15, -0.1) is 0 Å². The maximum atomic E-state index is 13.4. The molecule has 1 aliphatic rings. The quantitative estimate of drug-likeness (QED) is 0.354. The number of anilines is 1. The molecule has 36 heavy (non-hydrogen) atoms. The molecule has 0 saturated carbocycles. The first-order valence-corrected chi connectivity index (χ1v) is 12.4. The van der Waals surface area contributed by atoms with E-state index in [2.05, 4.69) is 24.5 Å². The minimum Gasteiger partial charge on any atom is -0.478 e. The minimum absolute atomic E-state index is 0.0168. The standard InChI is InChI=1S/C27H24Cl2N4O3/c1-4-23-31-24-14(2)9-15(3)30-25(24)33(23)13-16-5-6-22-17(10-16)7-8-32(22)26(34)18-11-20(28)21(29)12-19(18)27(35)36/h5-6,9-12H,4,7-8,13H2,1-3H3,(H,35,36). The molecule has 0 bridgehead atoms. The summed E-state index contributed by atoms with van der Waals surface area (Å²) in [5.41, 5.74) is 6.59. The fraction of sp³-hybridized carbons (Fsp3) is 0.259. The van der Waals surface area contributed by atoms with E-state index in [-0.39, 0.29) is 21.2 Å². The lowest BCUT2D eigenvalue weighted by molar-refractivity contribution is 0.0692. The van der Waals surface area contributed by atoms with Crippen LogP contribution in [0.15, 0.2) is 36.4 Å². The molecule has 5 rings (SSSR count). The highest BCUT2D eigenvalue weighted by atomic mass is 35.5. The summed E-state index contributed by atoms with van der Waals surface area (Å²) in [4.78, 5) is 36.3. The maximum absolute atomic E-state index is 13.4. The first-order chi connectivity index (χ1) is 17.2. The van der Waals surface area contributed by atoms with Gasteiger partial charge in [-0.05, 0) is 61.2 Å². The Hall–Kier alpha value is -3.42. The number of aromatic nitrogens is 3. The van der Waals surface area contributed by atoms with Gasteiger partial charge < -0.3 is 14.6 Å². The van der Waals surface area contributed by atoms with Crippen molar-refractivity contribution in [1.82, 2.24) is 14.5 Å². The van der Waals surface area contributed by atoms with E-state index in [4.69, 9.17) is 33.2 Å². The number of rotatable bonds is 5. The molecule has 0 atom stereocenters. The van der Waals surface area contributed by atoms with Gasteiger partial charge in [-0.1, -0.05) is 42.3 Å². The van der Waals surface area contributed by atoms with E-state index in [1.54, 1.807) is 4.90 Å². The van der Waals surface area contributed by atoms with Crippen LogP contribution >= 0.6 is 23.2 Å². The van der Waals surface area contributed by atoms with Crippen LogP contribution in [0.3, 0.4) is 0 Å². The third-order valence-corrected chi connectivity index (χ3v) is 7.29. The number of carbonyl (C=O) groups excluding carboxylic acids is 1. The van der Waals surface area contributed by atoms with E-state index in [0.717, 1.165) is 51.5 Å². The second kappa shape index (κ2) is 9.22. The molecular weight excluding hydrogens is 499 g/mol. The topological polar surface area (TPSA) is 88.3 Å².